The van der Waals surface area contributed by atoms with E-state index in [2.05, 4.69) is 4.98 Å². The number of amides is 2. The molecule has 0 saturated carbocycles. The van der Waals surface area contributed by atoms with Crippen LogP contribution in [0.4, 0.5) is 4.79 Å². The van der Waals surface area contributed by atoms with Gasteiger partial charge in [-0.05, 0) is 25.1 Å². The fourth-order valence-electron chi connectivity index (χ4n) is 2.64. The van der Waals surface area contributed by atoms with Crippen molar-refractivity contribution in [1.82, 2.24) is 14.8 Å². The Balaban J connectivity index is 1.48. The third kappa shape index (κ3) is 4.10. The second-order valence-corrected chi connectivity index (χ2v) is 6.56. The summed E-state index contributed by atoms with van der Waals surface area (Å²) in [5, 5.41) is 0. The molecule has 1 fully saturated rings. The second kappa shape index (κ2) is 8.13. The highest BCUT2D eigenvalue weighted by Crippen LogP contribution is 2.19. The molecule has 0 bridgehead atoms. The number of fused-ring (bicyclic) bond motifs is 1. The van der Waals surface area contributed by atoms with E-state index in [1.165, 1.54) is 11.3 Å². The predicted molar refractivity (Wildman–Crippen MR) is 95.1 cm³/mol. The van der Waals surface area contributed by atoms with Crippen molar-refractivity contribution in [3.05, 3.63) is 29.3 Å². The first kappa shape index (κ1) is 18.1. The first-order valence-corrected chi connectivity index (χ1v) is 9.16. The highest BCUT2D eigenvalue weighted by Gasteiger charge is 2.25. The van der Waals surface area contributed by atoms with Gasteiger partial charge in [0.2, 0.25) is 0 Å². The summed E-state index contributed by atoms with van der Waals surface area (Å²) < 4.78 is 11.0. The van der Waals surface area contributed by atoms with Gasteiger partial charge < -0.3 is 19.3 Å². The van der Waals surface area contributed by atoms with E-state index >= 15 is 0 Å². The minimum Gasteiger partial charge on any atom is -0.452 e. The van der Waals surface area contributed by atoms with Gasteiger partial charge in [-0.2, -0.15) is 0 Å². The highest BCUT2D eigenvalue weighted by molar-refractivity contribution is 7.16. The number of hydrogen-bond donors (Lipinski definition) is 0. The summed E-state index contributed by atoms with van der Waals surface area (Å²) in [6.07, 6.45) is -0.371. The Morgan fingerprint density at radius 2 is 1.85 bits per heavy atom. The molecule has 9 heteroatoms. The summed E-state index contributed by atoms with van der Waals surface area (Å²) in [4.78, 5) is 43.3. The maximum absolute atomic E-state index is 12.2. The van der Waals surface area contributed by atoms with Crippen molar-refractivity contribution in [2.45, 2.75) is 6.92 Å². The SMILES string of the molecule is CCOC(=O)N1CCN(C(=O)COC(=O)c2ccc3ncsc3c2)CC1. The monoisotopic (exact) mass is 377 g/mol. The maximum Gasteiger partial charge on any atom is 0.409 e. The second-order valence-electron chi connectivity index (χ2n) is 5.68. The molecule has 2 aromatic rings. The number of piperazine rings is 1. The molecule has 138 valence electrons. The Morgan fingerprint density at radius 1 is 1.12 bits per heavy atom. The maximum atomic E-state index is 12.2. The third-order valence-corrected chi connectivity index (χ3v) is 4.84. The fraction of sp³-hybridized carbons (Fsp3) is 0.412. The number of ether oxygens (including phenoxy) is 2. The van der Waals surface area contributed by atoms with Crippen LogP contribution in [0.3, 0.4) is 0 Å². The zero-order chi connectivity index (χ0) is 18.5. The Hall–Kier alpha value is -2.68. The molecule has 1 saturated heterocycles. The molecule has 3 rings (SSSR count). The molecule has 0 spiro atoms. The topological polar surface area (TPSA) is 89.0 Å². The third-order valence-electron chi connectivity index (χ3n) is 4.05. The van der Waals surface area contributed by atoms with Crippen molar-refractivity contribution in [2.24, 2.45) is 0 Å². The lowest BCUT2D eigenvalue weighted by molar-refractivity contribution is -0.136. The number of thiazole rings is 1. The first-order valence-electron chi connectivity index (χ1n) is 8.28. The van der Waals surface area contributed by atoms with Crippen LogP contribution in [-0.4, -0.2) is 72.1 Å². The number of benzene rings is 1. The van der Waals surface area contributed by atoms with Gasteiger partial charge >= 0.3 is 12.1 Å². The molecule has 1 aliphatic heterocycles. The van der Waals surface area contributed by atoms with Crippen molar-refractivity contribution in [2.75, 3.05) is 39.4 Å². The van der Waals surface area contributed by atoms with Gasteiger partial charge in [-0.3, -0.25) is 4.79 Å². The van der Waals surface area contributed by atoms with E-state index in [1.54, 1.807) is 40.4 Å². The summed E-state index contributed by atoms with van der Waals surface area (Å²) in [5.74, 6) is -0.820. The fourth-order valence-corrected chi connectivity index (χ4v) is 3.35. The van der Waals surface area contributed by atoms with Crippen LogP contribution in [0.2, 0.25) is 0 Å². The van der Waals surface area contributed by atoms with Crippen LogP contribution in [0.15, 0.2) is 23.7 Å². The lowest BCUT2D eigenvalue weighted by Gasteiger charge is -2.33. The number of esters is 1. The largest absolute Gasteiger partial charge is 0.452 e. The summed E-state index contributed by atoms with van der Waals surface area (Å²) in [6, 6.07) is 5.09. The van der Waals surface area contributed by atoms with Crippen LogP contribution in [0.5, 0.6) is 0 Å². The Kier molecular flexibility index (Phi) is 5.67. The molecule has 26 heavy (non-hydrogen) atoms. The predicted octanol–water partition coefficient (Wildman–Crippen LogP) is 1.75. The first-order chi connectivity index (χ1) is 12.6. The lowest BCUT2D eigenvalue weighted by Crippen LogP contribution is -2.51. The van der Waals surface area contributed by atoms with E-state index in [-0.39, 0.29) is 18.6 Å². The normalized spacial score (nSPS) is 14.3. The average Bonchev–Trinajstić information content (AvgIpc) is 3.14. The minimum absolute atomic E-state index is 0.277. The van der Waals surface area contributed by atoms with E-state index in [0.29, 0.717) is 38.3 Å². The van der Waals surface area contributed by atoms with E-state index in [0.717, 1.165) is 10.2 Å². The van der Waals surface area contributed by atoms with Gasteiger partial charge in [0, 0.05) is 26.2 Å². The van der Waals surface area contributed by atoms with Crippen LogP contribution in [0, 0.1) is 0 Å². The summed E-state index contributed by atoms with van der Waals surface area (Å²) in [6.45, 7) is 3.34. The van der Waals surface area contributed by atoms with Gasteiger partial charge in [0.15, 0.2) is 6.61 Å². The molecule has 0 atom stereocenters. The molecular formula is C17H19N3O5S. The molecule has 1 aromatic heterocycles. The Morgan fingerprint density at radius 3 is 2.58 bits per heavy atom. The average molecular weight is 377 g/mol. The van der Waals surface area contributed by atoms with Gasteiger partial charge in [0.1, 0.15) is 0 Å². The van der Waals surface area contributed by atoms with E-state index in [4.69, 9.17) is 9.47 Å². The van der Waals surface area contributed by atoms with E-state index in [9.17, 15) is 14.4 Å². The van der Waals surface area contributed by atoms with Crippen molar-refractivity contribution in [3.63, 3.8) is 0 Å². The van der Waals surface area contributed by atoms with Crippen molar-refractivity contribution >= 4 is 39.5 Å². The molecule has 1 aliphatic rings. The van der Waals surface area contributed by atoms with Crippen LogP contribution >= 0.6 is 11.3 Å². The van der Waals surface area contributed by atoms with Crippen molar-refractivity contribution < 1.29 is 23.9 Å². The van der Waals surface area contributed by atoms with Crippen LogP contribution in [0.1, 0.15) is 17.3 Å². The van der Waals surface area contributed by atoms with Crippen LogP contribution < -0.4 is 0 Å². The zero-order valence-electron chi connectivity index (χ0n) is 14.3. The van der Waals surface area contributed by atoms with Crippen molar-refractivity contribution in [3.8, 4) is 0 Å². The number of aromatic nitrogens is 1. The molecule has 0 unspecified atom stereocenters. The number of nitrogens with zero attached hydrogens (tertiary/aromatic N) is 3. The van der Waals surface area contributed by atoms with Crippen LogP contribution in [-0.2, 0) is 14.3 Å². The van der Waals surface area contributed by atoms with Gasteiger partial charge in [-0.25, -0.2) is 14.6 Å². The van der Waals surface area contributed by atoms with Gasteiger partial charge in [-0.15, -0.1) is 11.3 Å². The zero-order valence-corrected chi connectivity index (χ0v) is 15.2. The van der Waals surface area contributed by atoms with E-state index < -0.39 is 5.97 Å². The Bertz CT molecular complexity index is 814. The summed E-state index contributed by atoms with van der Waals surface area (Å²) >= 11 is 1.44. The van der Waals surface area contributed by atoms with Crippen LogP contribution in [0.25, 0.3) is 10.2 Å². The lowest BCUT2D eigenvalue weighted by atomic mass is 10.2. The van der Waals surface area contributed by atoms with Gasteiger partial charge in [-0.1, -0.05) is 0 Å². The number of carbonyl (C=O) groups is 3. The molecule has 0 radical (unpaired) electrons. The van der Waals surface area contributed by atoms with E-state index in [1.807, 2.05) is 0 Å². The number of rotatable bonds is 4. The van der Waals surface area contributed by atoms with Gasteiger partial charge in [0.05, 0.1) is 27.9 Å². The summed E-state index contributed by atoms with van der Waals surface area (Å²) in [7, 11) is 0. The standard InChI is InChI=1S/C17H19N3O5S/c1-2-24-17(23)20-7-5-19(6-8-20)15(21)10-25-16(22)12-3-4-13-14(9-12)26-11-18-13/h3-4,9,11H,2,5-8,10H2,1H3. The number of hydrogen-bond acceptors (Lipinski definition) is 7. The summed E-state index contributed by atoms with van der Waals surface area (Å²) in [5.41, 5.74) is 2.92. The molecule has 1 aromatic carbocycles. The molecule has 0 aliphatic carbocycles. The molecule has 8 nitrogen and oxygen atoms in total. The molecule has 2 amide bonds. The highest BCUT2D eigenvalue weighted by atomic mass is 32.1. The molecular weight excluding hydrogens is 358 g/mol. The Labute approximate surface area is 154 Å². The van der Waals surface area contributed by atoms with Crippen molar-refractivity contribution in [1.29, 1.82) is 0 Å². The smallest absolute Gasteiger partial charge is 0.409 e. The molecule has 2 heterocycles. The minimum atomic E-state index is -0.543. The molecule has 0 N–H and O–H groups in total. The van der Waals surface area contributed by atoms with Gasteiger partial charge in [0.25, 0.3) is 5.91 Å². The number of carbonyl (C=O) groups excluding carboxylic acids is 3. The quantitative estimate of drug-likeness (QED) is 0.754.